The highest BCUT2D eigenvalue weighted by atomic mass is 16.6. The third-order valence-electron chi connectivity index (χ3n) is 6.05. The van der Waals surface area contributed by atoms with Gasteiger partial charge in [-0.05, 0) is 38.3 Å². The number of hydrogen-bond donors (Lipinski definition) is 1. The van der Waals surface area contributed by atoms with Crippen LogP contribution in [0.2, 0.25) is 0 Å². The number of amides is 2. The number of benzene rings is 2. The number of carbonyl (C=O) groups excluding carboxylic acids is 2. The second kappa shape index (κ2) is 11.5. The van der Waals surface area contributed by atoms with Crippen LogP contribution in [0, 0.1) is 17.0 Å². The average molecular weight is 470 g/mol. The molecule has 0 radical (unpaired) electrons. The highest BCUT2D eigenvalue weighted by Gasteiger charge is 2.29. The summed E-state index contributed by atoms with van der Waals surface area (Å²) < 4.78 is 10.7. The van der Waals surface area contributed by atoms with Crippen LogP contribution >= 0.6 is 0 Å². The number of nitro benzene ring substituents is 1. The van der Waals surface area contributed by atoms with E-state index < -0.39 is 11.0 Å². The third-order valence-corrected chi connectivity index (χ3v) is 6.05. The smallest absolute Gasteiger partial charge is 0.311 e. The molecule has 2 aromatic rings. The predicted octanol–water partition coefficient (Wildman–Crippen LogP) is 3.77. The first kappa shape index (κ1) is 25.0. The minimum absolute atomic E-state index is 0.0377. The second-order valence-electron chi connectivity index (χ2n) is 8.55. The van der Waals surface area contributed by atoms with E-state index in [2.05, 4.69) is 5.32 Å². The Morgan fingerprint density at radius 1 is 1.18 bits per heavy atom. The molecule has 1 N–H and O–H groups in total. The monoisotopic (exact) mass is 469 g/mol. The minimum Gasteiger partial charge on any atom is -0.490 e. The van der Waals surface area contributed by atoms with Gasteiger partial charge in [-0.1, -0.05) is 42.7 Å². The maximum absolute atomic E-state index is 13.2. The van der Waals surface area contributed by atoms with Crippen LogP contribution in [0.3, 0.4) is 0 Å². The second-order valence-corrected chi connectivity index (χ2v) is 8.55. The van der Waals surface area contributed by atoms with Gasteiger partial charge < -0.3 is 19.7 Å². The molecule has 34 heavy (non-hydrogen) atoms. The molecule has 1 fully saturated rings. The minimum atomic E-state index is -0.690. The lowest BCUT2D eigenvalue weighted by atomic mass is 10.1. The molecule has 1 atom stereocenters. The van der Waals surface area contributed by atoms with E-state index in [4.69, 9.17) is 9.47 Å². The molecular formula is C25H31N3O6. The van der Waals surface area contributed by atoms with E-state index in [1.54, 1.807) is 6.92 Å². The molecule has 9 nitrogen and oxygen atoms in total. The summed E-state index contributed by atoms with van der Waals surface area (Å²) in [5.74, 6) is -0.263. The Morgan fingerprint density at radius 3 is 2.47 bits per heavy atom. The molecular weight excluding hydrogens is 438 g/mol. The Labute approximate surface area is 199 Å². The van der Waals surface area contributed by atoms with Crippen LogP contribution in [0.4, 0.5) is 5.69 Å². The largest absolute Gasteiger partial charge is 0.490 e. The summed E-state index contributed by atoms with van der Waals surface area (Å²) in [6, 6.07) is 11.3. The van der Waals surface area contributed by atoms with Crippen molar-refractivity contribution in [3.63, 3.8) is 0 Å². The summed E-state index contributed by atoms with van der Waals surface area (Å²) in [7, 11) is 1.32. The van der Waals surface area contributed by atoms with E-state index in [9.17, 15) is 19.7 Å². The quantitative estimate of drug-likeness (QED) is 0.419. The van der Waals surface area contributed by atoms with E-state index in [0.717, 1.165) is 36.8 Å². The topological polar surface area (TPSA) is 111 Å². The summed E-state index contributed by atoms with van der Waals surface area (Å²) in [4.78, 5) is 38.1. The van der Waals surface area contributed by atoms with Crippen molar-refractivity contribution in [1.82, 2.24) is 10.2 Å². The molecule has 9 heteroatoms. The lowest BCUT2D eigenvalue weighted by molar-refractivity contribution is -0.385. The SMILES string of the molecule is COc1cc(OCC(=O)N(Cc2ccc(C)cc2)[C@H](C)C(=O)NC2CCCC2)ccc1[N+](=O)[O-]. The van der Waals surface area contributed by atoms with Gasteiger partial charge in [-0.25, -0.2) is 0 Å². The van der Waals surface area contributed by atoms with Crippen LogP contribution in [0.15, 0.2) is 42.5 Å². The molecule has 2 aromatic carbocycles. The van der Waals surface area contributed by atoms with E-state index in [-0.39, 0.29) is 48.2 Å². The lowest BCUT2D eigenvalue weighted by Gasteiger charge is -2.29. The van der Waals surface area contributed by atoms with Gasteiger partial charge in [0.05, 0.1) is 12.0 Å². The van der Waals surface area contributed by atoms with E-state index in [1.165, 1.54) is 30.2 Å². The molecule has 0 aliphatic heterocycles. The number of nitrogens with zero attached hydrogens (tertiary/aromatic N) is 2. The zero-order valence-corrected chi connectivity index (χ0v) is 19.8. The number of aryl methyl sites for hydroxylation is 1. The third kappa shape index (κ3) is 6.46. The van der Waals surface area contributed by atoms with Crippen molar-refractivity contribution in [3.05, 3.63) is 63.7 Å². The normalized spacial score (nSPS) is 14.3. The van der Waals surface area contributed by atoms with Crippen LogP contribution in [0.1, 0.15) is 43.7 Å². The molecule has 2 amide bonds. The molecule has 0 spiro atoms. The molecule has 0 saturated heterocycles. The van der Waals surface area contributed by atoms with E-state index >= 15 is 0 Å². The summed E-state index contributed by atoms with van der Waals surface area (Å²) in [6.07, 6.45) is 4.10. The van der Waals surface area contributed by atoms with Crippen molar-refractivity contribution in [1.29, 1.82) is 0 Å². The molecule has 1 aliphatic carbocycles. The van der Waals surface area contributed by atoms with Crippen molar-refractivity contribution < 1.29 is 24.0 Å². The highest BCUT2D eigenvalue weighted by Crippen LogP contribution is 2.30. The molecule has 0 heterocycles. The number of rotatable bonds is 10. The Bertz CT molecular complexity index is 1020. The maximum atomic E-state index is 13.2. The van der Waals surface area contributed by atoms with Crippen LogP contribution in [0.25, 0.3) is 0 Å². The number of ether oxygens (including phenoxy) is 2. The fourth-order valence-corrected chi connectivity index (χ4v) is 3.99. The number of carbonyl (C=O) groups is 2. The van der Waals surface area contributed by atoms with Crippen molar-refractivity contribution in [3.8, 4) is 11.5 Å². The summed E-state index contributed by atoms with van der Waals surface area (Å²) in [5.41, 5.74) is 1.81. The number of nitro groups is 1. The fraction of sp³-hybridized carbons (Fsp3) is 0.440. The lowest BCUT2D eigenvalue weighted by Crippen LogP contribution is -2.50. The van der Waals surface area contributed by atoms with Crippen molar-refractivity contribution in [2.75, 3.05) is 13.7 Å². The number of methoxy groups -OCH3 is 1. The van der Waals surface area contributed by atoms with Gasteiger partial charge in [-0.3, -0.25) is 19.7 Å². The Morgan fingerprint density at radius 2 is 1.85 bits per heavy atom. The first-order valence-electron chi connectivity index (χ1n) is 11.4. The summed E-state index contributed by atoms with van der Waals surface area (Å²) in [6.45, 7) is 3.63. The zero-order chi connectivity index (χ0) is 24.7. The molecule has 3 rings (SSSR count). The molecule has 1 saturated carbocycles. The number of hydrogen-bond acceptors (Lipinski definition) is 6. The first-order valence-corrected chi connectivity index (χ1v) is 11.4. The number of nitrogens with one attached hydrogen (secondary N) is 1. The van der Waals surface area contributed by atoms with Gasteiger partial charge in [-0.2, -0.15) is 0 Å². The van der Waals surface area contributed by atoms with Gasteiger partial charge in [0.15, 0.2) is 6.61 Å². The van der Waals surface area contributed by atoms with E-state index in [1.807, 2.05) is 31.2 Å². The van der Waals surface area contributed by atoms with Crippen molar-refractivity contribution >= 4 is 17.5 Å². The van der Waals surface area contributed by atoms with Gasteiger partial charge in [0.1, 0.15) is 11.8 Å². The predicted molar refractivity (Wildman–Crippen MR) is 127 cm³/mol. The van der Waals surface area contributed by atoms with Gasteiger partial charge in [0, 0.05) is 24.7 Å². The van der Waals surface area contributed by atoms with Crippen LogP contribution in [-0.2, 0) is 16.1 Å². The van der Waals surface area contributed by atoms with Gasteiger partial charge in [-0.15, -0.1) is 0 Å². The molecule has 0 bridgehead atoms. The Kier molecular flexibility index (Phi) is 8.45. The Balaban J connectivity index is 1.73. The molecule has 0 unspecified atom stereocenters. The van der Waals surface area contributed by atoms with Crippen molar-refractivity contribution in [2.45, 2.75) is 58.2 Å². The summed E-state index contributed by atoms with van der Waals surface area (Å²) in [5, 5.41) is 14.2. The standard InChI is InChI=1S/C25H31N3O6/c1-17-8-10-19(11-9-17)15-27(18(2)25(30)26-20-6-4-5-7-20)24(29)16-34-21-12-13-22(28(31)32)23(14-21)33-3/h8-14,18,20H,4-7,15-16H2,1-3H3,(H,26,30)/t18-/m1/s1. The fourth-order valence-electron chi connectivity index (χ4n) is 3.99. The van der Waals surface area contributed by atoms with Gasteiger partial charge in [0.2, 0.25) is 11.7 Å². The van der Waals surface area contributed by atoms with Gasteiger partial charge in [0.25, 0.3) is 5.91 Å². The van der Waals surface area contributed by atoms with Crippen molar-refractivity contribution in [2.24, 2.45) is 0 Å². The molecule has 0 aromatic heterocycles. The highest BCUT2D eigenvalue weighted by molar-refractivity contribution is 5.88. The first-order chi connectivity index (χ1) is 16.3. The zero-order valence-electron chi connectivity index (χ0n) is 19.8. The van der Waals surface area contributed by atoms with Crippen LogP contribution in [0.5, 0.6) is 11.5 Å². The average Bonchev–Trinajstić information content (AvgIpc) is 3.34. The maximum Gasteiger partial charge on any atom is 0.311 e. The Hall–Kier alpha value is -3.62. The summed E-state index contributed by atoms with van der Waals surface area (Å²) >= 11 is 0. The van der Waals surface area contributed by atoms with Crippen LogP contribution in [-0.4, -0.2) is 47.4 Å². The van der Waals surface area contributed by atoms with E-state index in [0.29, 0.717) is 0 Å². The molecule has 1 aliphatic rings. The van der Waals surface area contributed by atoms with Gasteiger partial charge >= 0.3 is 5.69 Å². The van der Waals surface area contributed by atoms with Crippen LogP contribution < -0.4 is 14.8 Å². The molecule has 182 valence electrons.